The van der Waals surface area contributed by atoms with Crippen molar-refractivity contribution < 1.29 is 14.6 Å². The Morgan fingerprint density at radius 3 is 2.43 bits per heavy atom. The molecule has 0 aliphatic rings. The Morgan fingerprint density at radius 2 is 1.70 bits per heavy atom. The number of benzene rings is 2. The van der Waals surface area contributed by atoms with Crippen molar-refractivity contribution in [3.8, 4) is 23.0 Å². The first-order valence-corrected chi connectivity index (χ1v) is 8.38. The lowest BCUT2D eigenvalue weighted by Crippen LogP contribution is -1.93. The zero-order valence-electron chi connectivity index (χ0n) is 13.7. The molecule has 0 bridgehead atoms. The van der Waals surface area contributed by atoms with Gasteiger partial charge >= 0.3 is 0 Å². The van der Waals surface area contributed by atoms with Crippen LogP contribution in [0.2, 0.25) is 0 Å². The molecular weight excluding hydrogens is 307 g/mol. The lowest BCUT2D eigenvalue weighted by atomic mass is 10.0. The van der Waals surface area contributed by atoms with Crippen molar-refractivity contribution in [1.82, 2.24) is 0 Å². The van der Waals surface area contributed by atoms with Gasteiger partial charge in [0.25, 0.3) is 0 Å². The Morgan fingerprint density at radius 1 is 0.913 bits per heavy atom. The Balaban J connectivity index is 2.12. The number of rotatable bonds is 3. The summed E-state index contributed by atoms with van der Waals surface area (Å²) in [4.78, 5) is 0. The van der Waals surface area contributed by atoms with Crippen LogP contribution in [-0.4, -0.2) is 12.2 Å². The number of ether oxygens (including phenoxy) is 2. The molecular formula is C19H19O3P. The molecule has 0 saturated heterocycles. The average Bonchev–Trinajstić information content (AvgIpc) is 2.55. The first-order valence-electron chi connectivity index (χ1n) is 7.41. The smallest absolute Gasteiger partial charge is 0.161 e. The van der Waals surface area contributed by atoms with Gasteiger partial charge in [0, 0.05) is 10.5 Å². The van der Waals surface area contributed by atoms with E-state index in [0.717, 1.165) is 35.8 Å². The lowest BCUT2D eigenvalue weighted by molar-refractivity contribution is 0.374. The van der Waals surface area contributed by atoms with Gasteiger partial charge in [-0.05, 0) is 67.5 Å². The van der Waals surface area contributed by atoms with E-state index in [1.807, 2.05) is 24.0 Å². The van der Waals surface area contributed by atoms with Gasteiger partial charge in [-0.2, -0.15) is 0 Å². The molecule has 23 heavy (non-hydrogen) atoms. The van der Waals surface area contributed by atoms with Crippen LogP contribution in [0.1, 0.15) is 16.7 Å². The van der Waals surface area contributed by atoms with Crippen molar-refractivity contribution in [2.24, 2.45) is 0 Å². The third kappa shape index (κ3) is 2.85. The Bertz CT molecular complexity index is 887. The van der Waals surface area contributed by atoms with E-state index in [9.17, 15) is 5.11 Å². The molecule has 0 amide bonds. The number of aryl methyl sites for hydroxylation is 1. The monoisotopic (exact) mass is 326 g/mol. The molecule has 2 aromatic carbocycles. The molecule has 0 fully saturated rings. The fourth-order valence-corrected chi connectivity index (χ4v) is 3.43. The third-order valence-corrected chi connectivity index (χ3v) is 5.18. The van der Waals surface area contributed by atoms with Gasteiger partial charge in [-0.3, -0.25) is 0 Å². The summed E-state index contributed by atoms with van der Waals surface area (Å²) in [5.74, 6) is 4.23. The van der Waals surface area contributed by atoms with E-state index in [1.165, 1.54) is 11.1 Å². The fourth-order valence-electron chi connectivity index (χ4n) is 2.55. The number of phenols is 1. The predicted octanol–water partition coefficient (Wildman–Crippen LogP) is 5.85. The topological polar surface area (TPSA) is 38.7 Å². The quantitative estimate of drug-likeness (QED) is 0.656. The van der Waals surface area contributed by atoms with Gasteiger partial charge in [0.2, 0.25) is 0 Å². The van der Waals surface area contributed by atoms with Crippen molar-refractivity contribution in [2.75, 3.05) is 7.11 Å². The highest BCUT2D eigenvalue weighted by Crippen LogP contribution is 2.41. The van der Waals surface area contributed by atoms with E-state index >= 15 is 0 Å². The van der Waals surface area contributed by atoms with Crippen LogP contribution in [0.25, 0.3) is 10.5 Å². The van der Waals surface area contributed by atoms with Gasteiger partial charge in [0.1, 0.15) is 11.5 Å². The SMILES string of the molecule is COc1cc2c(Oc3ccc(C)c(C)c3C)ccpc2cc1O. The van der Waals surface area contributed by atoms with Gasteiger partial charge in [-0.25, -0.2) is 0 Å². The molecule has 0 saturated carbocycles. The highest BCUT2D eigenvalue weighted by molar-refractivity contribution is 7.36. The van der Waals surface area contributed by atoms with E-state index in [4.69, 9.17) is 9.47 Å². The average molecular weight is 326 g/mol. The van der Waals surface area contributed by atoms with Crippen LogP contribution < -0.4 is 9.47 Å². The minimum atomic E-state index is 0.149. The van der Waals surface area contributed by atoms with Crippen LogP contribution in [0.15, 0.2) is 36.1 Å². The molecule has 1 N–H and O–H groups in total. The highest BCUT2D eigenvalue weighted by Gasteiger charge is 2.11. The number of hydrogen-bond donors (Lipinski definition) is 1. The van der Waals surface area contributed by atoms with Gasteiger partial charge < -0.3 is 14.6 Å². The molecule has 0 spiro atoms. The maximum atomic E-state index is 9.95. The van der Waals surface area contributed by atoms with Crippen molar-refractivity contribution in [2.45, 2.75) is 20.8 Å². The van der Waals surface area contributed by atoms with Crippen molar-refractivity contribution in [1.29, 1.82) is 0 Å². The zero-order valence-corrected chi connectivity index (χ0v) is 14.6. The molecule has 4 heteroatoms. The van der Waals surface area contributed by atoms with E-state index in [-0.39, 0.29) is 5.75 Å². The van der Waals surface area contributed by atoms with Gasteiger partial charge in [-0.1, -0.05) is 14.3 Å². The maximum Gasteiger partial charge on any atom is 0.161 e. The van der Waals surface area contributed by atoms with Crippen molar-refractivity contribution in [3.63, 3.8) is 0 Å². The van der Waals surface area contributed by atoms with Gasteiger partial charge in [0.05, 0.1) is 7.11 Å². The third-order valence-electron chi connectivity index (χ3n) is 4.23. The summed E-state index contributed by atoms with van der Waals surface area (Å²) < 4.78 is 11.4. The number of aromatic hydroxyl groups is 1. The second-order valence-electron chi connectivity index (χ2n) is 5.58. The normalized spacial score (nSPS) is 11.1. The number of hydrogen-bond acceptors (Lipinski definition) is 3. The van der Waals surface area contributed by atoms with E-state index < -0.39 is 0 Å². The lowest BCUT2D eigenvalue weighted by Gasteiger charge is -2.14. The van der Waals surface area contributed by atoms with Crippen LogP contribution in [0.3, 0.4) is 0 Å². The highest BCUT2D eigenvalue weighted by atomic mass is 31.0. The van der Waals surface area contributed by atoms with Crippen LogP contribution in [0.4, 0.5) is 0 Å². The van der Waals surface area contributed by atoms with Crippen LogP contribution in [0, 0.1) is 20.8 Å². The second kappa shape index (κ2) is 6.10. The molecule has 3 rings (SSSR count). The van der Waals surface area contributed by atoms with E-state index in [1.54, 1.807) is 13.2 Å². The standard InChI is InChI=1S/C19H19O3P/c1-11-5-6-16(13(3)12(11)2)22-17-7-8-23-19-10-15(20)18(21-4)9-14(17)19/h5-10,20H,1-4H3. The Kier molecular flexibility index (Phi) is 4.14. The van der Waals surface area contributed by atoms with Crippen molar-refractivity contribution in [3.05, 3.63) is 52.8 Å². The van der Waals surface area contributed by atoms with Gasteiger partial charge in [0.15, 0.2) is 11.5 Å². The Labute approximate surface area is 137 Å². The summed E-state index contributed by atoms with van der Waals surface area (Å²) >= 11 is 0. The Hall–Kier alpha value is -2.25. The minimum absolute atomic E-state index is 0.149. The molecule has 1 heterocycles. The van der Waals surface area contributed by atoms with E-state index in [0.29, 0.717) is 5.75 Å². The molecule has 0 aliphatic heterocycles. The van der Waals surface area contributed by atoms with Crippen LogP contribution in [-0.2, 0) is 0 Å². The molecule has 0 atom stereocenters. The summed E-state index contributed by atoms with van der Waals surface area (Å²) in [6.45, 7) is 6.27. The summed E-state index contributed by atoms with van der Waals surface area (Å²) in [5, 5.41) is 11.9. The fraction of sp³-hybridized carbons (Fsp3) is 0.211. The maximum absolute atomic E-state index is 9.95. The van der Waals surface area contributed by atoms with Crippen LogP contribution in [0.5, 0.6) is 23.0 Å². The largest absolute Gasteiger partial charge is 0.504 e. The predicted molar refractivity (Wildman–Crippen MR) is 95.4 cm³/mol. The summed E-state index contributed by atoms with van der Waals surface area (Å²) in [6, 6.07) is 9.60. The molecule has 118 valence electrons. The number of phenolic OH excluding ortho intramolecular Hbond substituents is 1. The van der Waals surface area contributed by atoms with Crippen LogP contribution >= 0.6 is 8.19 Å². The molecule has 3 nitrogen and oxygen atoms in total. The molecule has 3 aromatic rings. The second-order valence-corrected chi connectivity index (χ2v) is 6.62. The molecule has 1 aromatic heterocycles. The molecule has 0 radical (unpaired) electrons. The first kappa shape index (κ1) is 15.6. The van der Waals surface area contributed by atoms with E-state index in [2.05, 4.69) is 26.8 Å². The summed E-state index contributed by atoms with van der Waals surface area (Å²) in [7, 11) is 2.58. The minimum Gasteiger partial charge on any atom is -0.504 e. The zero-order chi connectivity index (χ0) is 16.6. The summed E-state index contributed by atoms with van der Waals surface area (Å²) in [5.41, 5.74) is 3.63. The van der Waals surface area contributed by atoms with Gasteiger partial charge in [-0.15, -0.1) is 0 Å². The number of fused-ring (bicyclic) bond motifs is 1. The summed E-state index contributed by atoms with van der Waals surface area (Å²) in [6.07, 6.45) is 0. The number of methoxy groups -OCH3 is 1. The van der Waals surface area contributed by atoms with Crippen molar-refractivity contribution >= 4 is 18.7 Å². The molecule has 0 unspecified atom stereocenters. The first-order chi connectivity index (χ1) is 11.0. The molecule has 0 aliphatic carbocycles.